The van der Waals surface area contributed by atoms with Crippen molar-refractivity contribution in [1.82, 2.24) is 43.6 Å². The molecule has 4 aliphatic rings. The van der Waals surface area contributed by atoms with Gasteiger partial charge in [0.2, 0.25) is 0 Å². The Kier molecular flexibility index (Phi) is 16.1. The van der Waals surface area contributed by atoms with E-state index in [1.165, 1.54) is 139 Å². The number of rotatable bonds is 6. The fourth-order valence-electron chi connectivity index (χ4n) is 21.9. The van der Waals surface area contributed by atoms with Gasteiger partial charge in [-0.1, -0.05) is 208 Å². The smallest absolute Gasteiger partial charge is 0.160 e. The Morgan fingerprint density at radius 1 is 0.230 bits per heavy atom. The van der Waals surface area contributed by atoms with Gasteiger partial charge in [-0.3, -0.25) is 0 Å². The van der Waals surface area contributed by atoms with E-state index in [4.69, 9.17) is 44.1 Å². The molecule has 11 heterocycles. The third-order valence-electron chi connectivity index (χ3n) is 28.0. The average molecular weight is 1760 g/mol. The molecule has 8 aromatic heterocycles. The molecular formula is C121H71N9O3S2. The lowest BCUT2D eigenvalue weighted by Crippen LogP contribution is -2.14. The van der Waals surface area contributed by atoms with Gasteiger partial charge < -0.3 is 27.9 Å². The molecule has 0 saturated carbocycles. The largest absolute Gasteiger partial charge is 0.456 e. The first-order valence-electron chi connectivity index (χ1n) is 45.5. The number of hydrogen-bond acceptors (Lipinski definition) is 11. The molecule has 3 aliphatic heterocycles. The van der Waals surface area contributed by atoms with E-state index in [1.807, 2.05) is 132 Å². The lowest BCUT2D eigenvalue weighted by Gasteiger charge is -2.21. The van der Waals surface area contributed by atoms with Crippen LogP contribution >= 0.6 is 22.7 Å². The summed E-state index contributed by atoms with van der Waals surface area (Å²) in [5, 5.41) is 18.4. The average Bonchev–Trinajstić information content (AvgIpc) is 1.53. The fourth-order valence-corrected chi connectivity index (χ4v) is 24.3. The molecule has 0 spiro atoms. The van der Waals surface area contributed by atoms with Crippen LogP contribution < -0.4 is 14.2 Å². The van der Waals surface area contributed by atoms with Gasteiger partial charge >= 0.3 is 0 Å². The number of benzene rings is 19. The van der Waals surface area contributed by atoms with Gasteiger partial charge in [-0.2, -0.15) is 0 Å². The highest BCUT2D eigenvalue weighted by molar-refractivity contribution is 7.27. The van der Waals surface area contributed by atoms with E-state index < -0.39 is 0 Å². The molecule has 0 fully saturated rings. The Hall–Kier alpha value is -17.3. The first kappa shape index (κ1) is 75.5. The van der Waals surface area contributed by atoms with E-state index in [9.17, 15) is 0 Å². The molecule has 0 saturated heterocycles. The van der Waals surface area contributed by atoms with Crippen molar-refractivity contribution in [2.24, 2.45) is 0 Å². The van der Waals surface area contributed by atoms with E-state index >= 15 is 0 Å². The van der Waals surface area contributed by atoms with Crippen LogP contribution in [0.2, 0.25) is 0 Å². The second-order valence-corrected chi connectivity index (χ2v) is 37.9. The van der Waals surface area contributed by atoms with E-state index in [-0.39, 0.29) is 5.41 Å². The highest BCUT2D eigenvalue weighted by atomic mass is 32.1. The zero-order valence-electron chi connectivity index (χ0n) is 72.6. The fraction of sp³-hybridized carbons (Fsp3) is 0.0248. The summed E-state index contributed by atoms with van der Waals surface area (Å²) < 4.78 is 31.1. The van der Waals surface area contributed by atoms with Crippen LogP contribution in [0.15, 0.2) is 394 Å². The predicted molar refractivity (Wildman–Crippen MR) is 555 cm³/mol. The quantitative estimate of drug-likeness (QED) is 0.160. The minimum atomic E-state index is -0.0670. The van der Waals surface area contributed by atoms with Gasteiger partial charge in [0, 0.05) is 124 Å². The van der Waals surface area contributed by atoms with Crippen molar-refractivity contribution in [1.29, 1.82) is 0 Å². The number of thiophene rings is 2. The molecule has 0 N–H and O–H groups in total. The molecule has 14 heteroatoms. The van der Waals surface area contributed by atoms with E-state index in [0.717, 1.165) is 135 Å². The second kappa shape index (κ2) is 28.8. The SMILES string of the molecule is CC1(C)c2ccccc2-c2cc3c4ccccc4n(-c4ccc(-c5nc6c7c(cccc7n5)Oc5ccccc5-6)cc4)c3cc21.c1ccc2c(c1)Oc1cccc3nc(-c4ccc(-n5c6ccccc6c6c7ccccc7c7c8ccccc8sc7c65)cc4)nc-2c13.c1ccc2c(c1)Oc1cccc3nc(-c4ccc(-n5c6ccccc6c6cc7c(cc65)sc5ccccc57)cc4)nc-2c13. The normalized spacial score (nSPS) is 12.9. The van der Waals surface area contributed by atoms with Crippen LogP contribution in [0.4, 0.5) is 0 Å². The summed E-state index contributed by atoms with van der Waals surface area (Å²) in [6.07, 6.45) is 0. The number of ether oxygens (including phenoxy) is 3. The number of para-hydroxylation sites is 6. The topological polar surface area (TPSA) is 120 Å². The monoisotopic (exact) mass is 1760 g/mol. The summed E-state index contributed by atoms with van der Waals surface area (Å²) in [5.74, 6) is 6.97. The minimum Gasteiger partial charge on any atom is -0.456 e. The first-order valence-corrected chi connectivity index (χ1v) is 47.1. The van der Waals surface area contributed by atoms with Gasteiger partial charge in [0.05, 0.1) is 87.6 Å². The summed E-state index contributed by atoms with van der Waals surface area (Å²) in [6, 6.07) is 139. The summed E-state index contributed by atoms with van der Waals surface area (Å²) in [7, 11) is 0. The summed E-state index contributed by atoms with van der Waals surface area (Å²) in [6.45, 7) is 4.69. The number of aromatic nitrogens is 9. The Morgan fingerprint density at radius 2 is 0.607 bits per heavy atom. The molecule has 630 valence electrons. The standard InChI is InChI=1S/C42H23N3OS.C41H27N3O.C38H21N3OS/c1-2-11-27-26(10-1)36-28-12-3-6-16-32(28)45(40(36)41-37(27)30-14-5-8-19-35(30)47-41)25-22-20-24(21-23-25)42-43-31-15-9-18-34-38(31)39(44-42)29-13-4-7-17-33(29)46-34;1-41(2)31-13-6-3-10-26(31)29-22-30-27-11-4-7-15-34(27)44(35(30)23-32(29)41)25-20-18-24(19-21-25)40-42-33-14-9-17-37-38(33)39(43-40)28-12-5-8-16-36(28)45-37;1-4-12-30-24(8-1)27-20-28-25-9-3-6-15-34(25)43-35(28)21-31(27)41(30)23-18-16-22(17-19-23)38-39-29-11-7-14-33-36(29)37(40-38)26-10-2-5-13-32(26)42-33/h1-23H;3-23H,1-2H3;1-21H. The van der Waals surface area contributed by atoms with Crippen LogP contribution in [0.25, 0.3) is 245 Å². The van der Waals surface area contributed by atoms with Crippen molar-refractivity contribution in [3.05, 3.63) is 405 Å². The summed E-state index contributed by atoms with van der Waals surface area (Å²) in [4.78, 5) is 30.3. The van der Waals surface area contributed by atoms with Crippen LogP contribution in [0.3, 0.4) is 0 Å². The zero-order valence-corrected chi connectivity index (χ0v) is 74.2. The van der Waals surface area contributed by atoms with Gasteiger partial charge in [0.15, 0.2) is 17.5 Å². The summed E-state index contributed by atoms with van der Waals surface area (Å²) in [5.41, 5.74) is 27.3. The lowest BCUT2D eigenvalue weighted by molar-refractivity contribution is 0.486. The molecule has 0 amide bonds. The third-order valence-corrected chi connectivity index (χ3v) is 30.3. The van der Waals surface area contributed by atoms with Gasteiger partial charge in [-0.05, 0) is 233 Å². The molecule has 135 heavy (non-hydrogen) atoms. The van der Waals surface area contributed by atoms with Crippen LogP contribution in [0.1, 0.15) is 25.0 Å². The molecule has 0 radical (unpaired) electrons. The van der Waals surface area contributed by atoms with Crippen molar-refractivity contribution in [2.45, 2.75) is 19.3 Å². The molecule has 0 bridgehead atoms. The molecular weight excluding hydrogens is 1690 g/mol. The van der Waals surface area contributed by atoms with E-state index in [1.54, 1.807) is 0 Å². The molecule has 19 aromatic carbocycles. The highest BCUT2D eigenvalue weighted by Crippen LogP contribution is 2.55. The maximum atomic E-state index is 6.22. The Balaban J connectivity index is 0.0000000985. The van der Waals surface area contributed by atoms with Crippen LogP contribution in [-0.2, 0) is 5.41 Å². The van der Waals surface area contributed by atoms with Crippen molar-refractivity contribution in [3.63, 3.8) is 0 Å². The molecule has 12 nitrogen and oxygen atoms in total. The molecule has 27 aromatic rings. The predicted octanol–water partition coefficient (Wildman–Crippen LogP) is 32.7. The zero-order chi connectivity index (χ0) is 88.6. The van der Waals surface area contributed by atoms with E-state index in [2.05, 4.69) is 313 Å². The van der Waals surface area contributed by atoms with Crippen LogP contribution in [0, 0.1) is 0 Å². The number of fused-ring (bicyclic) bond motifs is 28. The minimum absolute atomic E-state index is 0.0670. The number of nitrogens with zero attached hydrogens (tertiary/aromatic N) is 9. The van der Waals surface area contributed by atoms with Crippen molar-refractivity contribution in [2.75, 3.05) is 0 Å². The molecule has 0 unspecified atom stereocenters. The molecule has 31 rings (SSSR count). The lowest BCUT2D eigenvalue weighted by atomic mass is 9.82. The van der Waals surface area contributed by atoms with E-state index in [0.29, 0.717) is 17.5 Å². The maximum absolute atomic E-state index is 6.22. The highest BCUT2D eigenvalue weighted by Gasteiger charge is 2.37. The Morgan fingerprint density at radius 3 is 1.11 bits per heavy atom. The van der Waals surface area contributed by atoms with Crippen molar-refractivity contribution in [3.8, 4) is 131 Å². The maximum Gasteiger partial charge on any atom is 0.160 e. The second-order valence-electron chi connectivity index (χ2n) is 35.8. The van der Waals surface area contributed by atoms with Crippen LogP contribution in [-0.4, -0.2) is 43.6 Å². The van der Waals surface area contributed by atoms with Crippen LogP contribution in [0.5, 0.6) is 34.5 Å². The van der Waals surface area contributed by atoms with Gasteiger partial charge in [0.1, 0.15) is 34.5 Å². The van der Waals surface area contributed by atoms with Gasteiger partial charge in [0.25, 0.3) is 0 Å². The summed E-state index contributed by atoms with van der Waals surface area (Å²) >= 11 is 3.74. The van der Waals surface area contributed by atoms with Gasteiger partial charge in [-0.25, -0.2) is 29.9 Å². The van der Waals surface area contributed by atoms with Gasteiger partial charge in [-0.15, -0.1) is 22.7 Å². The van der Waals surface area contributed by atoms with Crippen molar-refractivity contribution >= 4 is 172 Å². The third kappa shape index (κ3) is 11.3. The Labute approximate surface area is 779 Å². The first-order chi connectivity index (χ1) is 66.7. The number of hydrogen-bond donors (Lipinski definition) is 0. The Bertz CT molecular complexity index is 9850. The molecule has 0 atom stereocenters. The molecule has 1 aliphatic carbocycles. The van der Waals surface area contributed by atoms with Crippen molar-refractivity contribution < 1.29 is 14.2 Å².